The van der Waals surface area contributed by atoms with E-state index in [9.17, 15) is 0 Å². The van der Waals surface area contributed by atoms with Gasteiger partial charge in [-0.2, -0.15) is 0 Å². The van der Waals surface area contributed by atoms with Crippen LogP contribution in [0, 0.1) is 0 Å². The Kier molecular flexibility index (Phi) is 3.08. The maximum absolute atomic E-state index is 8.36. The van der Waals surface area contributed by atoms with Gasteiger partial charge in [0.2, 0.25) is 0 Å². The van der Waals surface area contributed by atoms with Crippen LogP contribution in [-0.2, 0) is 6.42 Å². The summed E-state index contributed by atoms with van der Waals surface area (Å²) in [6, 6.07) is 7.74. The zero-order valence-corrected chi connectivity index (χ0v) is 6.77. The molecule has 0 aliphatic rings. The molecule has 2 heteroatoms. The van der Waals surface area contributed by atoms with E-state index in [1.54, 1.807) is 0 Å². The van der Waals surface area contributed by atoms with E-state index >= 15 is 0 Å². The molecule has 0 heterocycles. The van der Waals surface area contributed by atoms with Crippen molar-refractivity contribution in [3.63, 3.8) is 0 Å². The molecule has 62 valence electrons. The number of nitrogens with zero attached hydrogens (tertiary/aromatic N) is 1. The van der Waals surface area contributed by atoms with Gasteiger partial charge in [0, 0.05) is 0 Å². The minimum absolute atomic E-state index is 0.794. The molecule has 0 spiro atoms. The number of hydrogen-bond acceptors (Lipinski definition) is 2. The summed E-state index contributed by atoms with van der Waals surface area (Å²) < 4.78 is 0. The Hall–Kier alpha value is -1.57. The second-order valence-electron chi connectivity index (χ2n) is 2.44. The first-order chi connectivity index (χ1) is 5.88. The van der Waals surface area contributed by atoms with E-state index in [1.165, 1.54) is 6.21 Å². The molecule has 0 saturated carbocycles. The molecule has 0 aromatic heterocycles. The molecule has 1 N–H and O–H groups in total. The lowest BCUT2D eigenvalue weighted by Crippen LogP contribution is -1.90. The quantitative estimate of drug-likeness (QED) is 0.313. The third-order valence-electron chi connectivity index (χ3n) is 1.62. The summed E-state index contributed by atoms with van der Waals surface area (Å²) in [4.78, 5) is 0. The molecule has 0 bridgehead atoms. The van der Waals surface area contributed by atoms with Crippen LogP contribution in [0.25, 0.3) is 0 Å². The average Bonchev–Trinajstić information content (AvgIpc) is 2.09. The van der Waals surface area contributed by atoms with Gasteiger partial charge in [-0.3, -0.25) is 0 Å². The molecule has 0 aliphatic heterocycles. The number of benzene rings is 1. The van der Waals surface area contributed by atoms with Crippen LogP contribution in [0.4, 0.5) is 0 Å². The van der Waals surface area contributed by atoms with Gasteiger partial charge in [0.25, 0.3) is 0 Å². The molecule has 1 aromatic carbocycles. The van der Waals surface area contributed by atoms with Crippen molar-refractivity contribution in [3.8, 4) is 0 Å². The molecule has 0 atom stereocenters. The Morgan fingerprint density at radius 3 is 2.83 bits per heavy atom. The second kappa shape index (κ2) is 4.34. The molecule has 2 nitrogen and oxygen atoms in total. The third kappa shape index (κ3) is 1.95. The van der Waals surface area contributed by atoms with Crippen LogP contribution in [0.15, 0.2) is 42.1 Å². The van der Waals surface area contributed by atoms with Gasteiger partial charge in [-0.15, -0.1) is 6.58 Å². The van der Waals surface area contributed by atoms with Crippen LogP contribution in [-0.4, -0.2) is 11.4 Å². The monoisotopic (exact) mass is 161 g/mol. The van der Waals surface area contributed by atoms with E-state index < -0.39 is 0 Å². The molecule has 1 rings (SSSR count). The van der Waals surface area contributed by atoms with Crippen molar-refractivity contribution >= 4 is 6.21 Å². The van der Waals surface area contributed by atoms with E-state index in [0.717, 1.165) is 17.5 Å². The number of oxime groups is 1. The fraction of sp³-hybridized carbons (Fsp3) is 0.100. The molecule has 0 aliphatic carbocycles. The van der Waals surface area contributed by atoms with Crippen LogP contribution in [0.1, 0.15) is 11.1 Å². The second-order valence-corrected chi connectivity index (χ2v) is 2.44. The minimum Gasteiger partial charge on any atom is -0.411 e. The Morgan fingerprint density at radius 2 is 2.17 bits per heavy atom. The fourth-order valence-electron chi connectivity index (χ4n) is 1.06. The fourth-order valence-corrected chi connectivity index (χ4v) is 1.06. The van der Waals surface area contributed by atoms with Gasteiger partial charge in [0.05, 0.1) is 6.21 Å². The van der Waals surface area contributed by atoms with E-state index in [-0.39, 0.29) is 0 Å². The van der Waals surface area contributed by atoms with Gasteiger partial charge in [0.15, 0.2) is 0 Å². The molecule has 1 aromatic rings. The average molecular weight is 161 g/mol. The number of rotatable bonds is 3. The highest BCUT2D eigenvalue weighted by Gasteiger charge is 1.95. The van der Waals surface area contributed by atoms with Gasteiger partial charge in [0.1, 0.15) is 0 Å². The highest BCUT2D eigenvalue weighted by Crippen LogP contribution is 2.07. The summed E-state index contributed by atoms with van der Waals surface area (Å²) in [5, 5.41) is 11.3. The lowest BCUT2D eigenvalue weighted by Gasteiger charge is -1.99. The summed E-state index contributed by atoms with van der Waals surface area (Å²) >= 11 is 0. The molecule has 0 saturated heterocycles. The molecule has 0 unspecified atom stereocenters. The first-order valence-corrected chi connectivity index (χ1v) is 3.74. The Balaban J connectivity index is 2.99. The zero-order chi connectivity index (χ0) is 8.81. The molecule has 12 heavy (non-hydrogen) atoms. The normalized spacial score (nSPS) is 10.3. The summed E-state index contributed by atoms with van der Waals surface area (Å²) in [6.45, 7) is 3.65. The SMILES string of the molecule is C=CCc1ccccc1C=NO. The summed E-state index contributed by atoms with van der Waals surface area (Å²) in [5.41, 5.74) is 2.05. The maximum atomic E-state index is 8.36. The van der Waals surface area contributed by atoms with Crippen LogP contribution < -0.4 is 0 Å². The highest BCUT2D eigenvalue weighted by atomic mass is 16.4. The van der Waals surface area contributed by atoms with Crippen LogP contribution >= 0.6 is 0 Å². The molecular weight excluding hydrogens is 150 g/mol. The maximum Gasteiger partial charge on any atom is 0.0736 e. The Labute approximate surface area is 71.8 Å². The van der Waals surface area contributed by atoms with Gasteiger partial charge in [-0.05, 0) is 17.5 Å². The molecule has 0 radical (unpaired) electrons. The van der Waals surface area contributed by atoms with Crippen molar-refractivity contribution in [2.45, 2.75) is 6.42 Å². The molecule has 0 amide bonds. The van der Waals surface area contributed by atoms with E-state index in [1.807, 2.05) is 30.3 Å². The lowest BCUT2D eigenvalue weighted by molar-refractivity contribution is 0.322. The number of hydrogen-bond donors (Lipinski definition) is 1. The van der Waals surface area contributed by atoms with E-state index in [4.69, 9.17) is 5.21 Å². The summed E-state index contributed by atoms with van der Waals surface area (Å²) in [5.74, 6) is 0. The first-order valence-electron chi connectivity index (χ1n) is 3.74. The first kappa shape index (κ1) is 8.53. The highest BCUT2D eigenvalue weighted by molar-refractivity contribution is 5.81. The van der Waals surface area contributed by atoms with Crippen molar-refractivity contribution in [1.82, 2.24) is 0 Å². The largest absolute Gasteiger partial charge is 0.411 e. The summed E-state index contributed by atoms with van der Waals surface area (Å²) in [7, 11) is 0. The Morgan fingerprint density at radius 1 is 1.42 bits per heavy atom. The van der Waals surface area contributed by atoms with Gasteiger partial charge in [-0.25, -0.2) is 0 Å². The molecular formula is C10H11NO. The summed E-state index contributed by atoms with van der Waals surface area (Å²) in [6.07, 6.45) is 4.05. The van der Waals surface area contributed by atoms with Crippen LogP contribution in [0.2, 0.25) is 0 Å². The Bertz CT molecular complexity index is 292. The lowest BCUT2D eigenvalue weighted by atomic mass is 10.1. The topological polar surface area (TPSA) is 32.6 Å². The van der Waals surface area contributed by atoms with E-state index in [0.29, 0.717) is 0 Å². The van der Waals surface area contributed by atoms with Crippen LogP contribution in [0.3, 0.4) is 0 Å². The van der Waals surface area contributed by atoms with Gasteiger partial charge >= 0.3 is 0 Å². The molecule has 0 fully saturated rings. The van der Waals surface area contributed by atoms with Crippen molar-refractivity contribution in [1.29, 1.82) is 0 Å². The van der Waals surface area contributed by atoms with Crippen LogP contribution in [0.5, 0.6) is 0 Å². The van der Waals surface area contributed by atoms with Crippen molar-refractivity contribution in [2.24, 2.45) is 5.16 Å². The third-order valence-corrected chi connectivity index (χ3v) is 1.62. The predicted octanol–water partition coefficient (Wildman–Crippen LogP) is 2.22. The zero-order valence-electron chi connectivity index (χ0n) is 6.77. The van der Waals surface area contributed by atoms with Gasteiger partial charge < -0.3 is 5.21 Å². The van der Waals surface area contributed by atoms with Gasteiger partial charge in [-0.1, -0.05) is 35.5 Å². The minimum atomic E-state index is 0.794. The van der Waals surface area contributed by atoms with Crippen molar-refractivity contribution in [2.75, 3.05) is 0 Å². The smallest absolute Gasteiger partial charge is 0.0736 e. The van der Waals surface area contributed by atoms with Crippen molar-refractivity contribution < 1.29 is 5.21 Å². The predicted molar refractivity (Wildman–Crippen MR) is 49.7 cm³/mol. The van der Waals surface area contributed by atoms with Crippen molar-refractivity contribution in [3.05, 3.63) is 48.0 Å². The van der Waals surface area contributed by atoms with E-state index in [2.05, 4.69) is 11.7 Å². The standard InChI is InChI=1S/C10H11NO/c1-2-5-9-6-3-4-7-10(9)8-11-12/h2-4,6-8,12H,1,5H2. The number of allylic oxidation sites excluding steroid dienone is 1.